The minimum Gasteiger partial charge on any atom is -0.421 e. The molecule has 0 saturated carbocycles. The lowest BCUT2D eigenvalue weighted by Gasteiger charge is -2.09. The predicted molar refractivity (Wildman–Crippen MR) is 135 cm³/mol. The third-order valence-electron chi connectivity index (χ3n) is 4.77. The Bertz CT molecular complexity index is 1260. The summed E-state index contributed by atoms with van der Waals surface area (Å²) in [6.45, 7) is 0. The number of rotatable bonds is 5. The lowest BCUT2D eigenvalue weighted by molar-refractivity contribution is 0.0725. The van der Waals surface area contributed by atoms with E-state index < -0.39 is 11.9 Å². The Hall–Kier alpha value is -3.02. The van der Waals surface area contributed by atoms with Crippen LogP contribution in [0.15, 0.2) is 84.9 Å². The van der Waals surface area contributed by atoms with Gasteiger partial charge >= 0.3 is 11.9 Å². The van der Waals surface area contributed by atoms with Crippen LogP contribution < -0.4 is 9.47 Å². The van der Waals surface area contributed by atoms with Gasteiger partial charge in [-0.1, -0.05) is 70.7 Å². The smallest absolute Gasteiger partial charge is 0.343 e. The molecule has 4 aromatic carbocycles. The first kappa shape index (κ1) is 24.1. The molecule has 0 heterocycles. The second-order valence-corrected chi connectivity index (χ2v) is 8.77. The first-order chi connectivity index (χ1) is 16.3. The summed E-state index contributed by atoms with van der Waals surface area (Å²) >= 11 is 23.8. The zero-order chi connectivity index (χ0) is 24.2. The molecule has 0 aliphatic carbocycles. The first-order valence-electron chi connectivity index (χ1n) is 9.85. The third kappa shape index (κ3) is 5.72. The van der Waals surface area contributed by atoms with E-state index in [0.29, 0.717) is 21.2 Å². The molecule has 0 amide bonds. The maximum absolute atomic E-state index is 12.4. The van der Waals surface area contributed by atoms with E-state index >= 15 is 0 Å². The average Bonchev–Trinajstić information content (AvgIpc) is 2.83. The number of ether oxygens (including phenoxy) is 2. The fourth-order valence-corrected chi connectivity index (χ4v) is 3.93. The summed E-state index contributed by atoms with van der Waals surface area (Å²) in [5.41, 5.74) is 2.41. The van der Waals surface area contributed by atoms with Crippen molar-refractivity contribution in [1.29, 1.82) is 0 Å². The lowest BCUT2D eigenvalue weighted by atomic mass is 10.0. The molecule has 0 saturated heterocycles. The molecule has 0 spiro atoms. The summed E-state index contributed by atoms with van der Waals surface area (Å²) in [6.07, 6.45) is 0. The summed E-state index contributed by atoms with van der Waals surface area (Å²) in [4.78, 5) is 24.9. The van der Waals surface area contributed by atoms with Gasteiger partial charge in [0, 0.05) is 10.0 Å². The molecule has 4 aromatic rings. The van der Waals surface area contributed by atoms with E-state index in [1.54, 1.807) is 60.7 Å². The van der Waals surface area contributed by atoms with Gasteiger partial charge in [0.25, 0.3) is 0 Å². The fourth-order valence-electron chi connectivity index (χ4n) is 3.03. The van der Waals surface area contributed by atoms with Gasteiger partial charge < -0.3 is 9.47 Å². The molecule has 0 unspecified atom stereocenters. The highest BCUT2D eigenvalue weighted by Crippen LogP contribution is 2.30. The number of hydrogen-bond donors (Lipinski definition) is 0. The molecular weight excluding hydrogens is 518 g/mol. The molecule has 0 fully saturated rings. The van der Waals surface area contributed by atoms with Gasteiger partial charge in [-0.05, 0) is 71.8 Å². The van der Waals surface area contributed by atoms with Crippen molar-refractivity contribution in [3.8, 4) is 22.6 Å². The van der Waals surface area contributed by atoms with Crippen molar-refractivity contribution in [3.05, 3.63) is 116 Å². The normalized spacial score (nSPS) is 10.6. The molecule has 0 atom stereocenters. The first-order valence-corrected chi connectivity index (χ1v) is 11.4. The molecule has 0 aliphatic heterocycles. The van der Waals surface area contributed by atoms with Crippen LogP contribution in [-0.2, 0) is 0 Å². The zero-order valence-electron chi connectivity index (χ0n) is 17.2. The molecule has 4 rings (SSSR count). The van der Waals surface area contributed by atoms with Crippen LogP contribution in [0.3, 0.4) is 0 Å². The summed E-state index contributed by atoms with van der Waals surface area (Å²) < 4.78 is 10.7. The largest absolute Gasteiger partial charge is 0.421 e. The van der Waals surface area contributed by atoms with Crippen molar-refractivity contribution in [1.82, 2.24) is 0 Å². The average molecular weight is 532 g/mol. The second kappa shape index (κ2) is 10.5. The van der Waals surface area contributed by atoms with Crippen LogP contribution >= 0.6 is 46.4 Å². The monoisotopic (exact) mass is 530 g/mol. The zero-order valence-corrected chi connectivity index (χ0v) is 20.3. The molecule has 8 heteroatoms. The van der Waals surface area contributed by atoms with Crippen LogP contribution in [0, 0.1) is 0 Å². The maximum atomic E-state index is 12.4. The highest BCUT2D eigenvalue weighted by molar-refractivity contribution is 6.36. The molecule has 170 valence electrons. The molecule has 0 aromatic heterocycles. The van der Waals surface area contributed by atoms with E-state index in [9.17, 15) is 9.59 Å². The van der Waals surface area contributed by atoms with Gasteiger partial charge in [-0.25, -0.2) is 9.59 Å². The van der Waals surface area contributed by atoms with Crippen LogP contribution in [0.4, 0.5) is 0 Å². The number of carbonyl (C=O) groups is 2. The van der Waals surface area contributed by atoms with E-state index in [4.69, 9.17) is 55.9 Å². The Kier molecular flexibility index (Phi) is 7.44. The summed E-state index contributed by atoms with van der Waals surface area (Å²) in [6, 6.07) is 22.9. The topological polar surface area (TPSA) is 52.6 Å². The molecule has 4 nitrogen and oxygen atoms in total. The highest BCUT2D eigenvalue weighted by atomic mass is 35.5. The molecule has 34 heavy (non-hydrogen) atoms. The second-order valence-electron chi connectivity index (χ2n) is 7.08. The minimum absolute atomic E-state index is 0.225. The van der Waals surface area contributed by atoms with E-state index in [2.05, 4.69) is 0 Å². The van der Waals surface area contributed by atoms with Crippen LogP contribution in [-0.4, -0.2) is 11.9 Å². The number of halogens is 4. The van der Waals surface area contributed by atoms with Crippen LogP contribution in [0.25, 0.3) is 11.1 Å². The van der Waals surface area contributed by atoms with E-state index in [1.165, 1.54) is 24.3 Å². The Balaban J connectivity index is 1.43. The fraction of sp³-hybridized carbons (Fsp3) is 0. The minimum atomic E-state index is -0.547. The van der Waals surface area contributed by atoms with Gasteiger partial charge in [0.2, 0.25) is 0 Å². The number of hydrogen-bond acceptors (Lipinski definition) is 4. The van der Waals surface area contributed by atoms with Crippen molar-refractivity contribution >= 4 is 58.3 Å². The molecule has 0 aliphatic rings. The van der Waals surface area contributed by atoms with E-state index in [1.807, 2.05) is 0 Å². The van der Waals surface area contributed by atoms with Crippen LogP contribution in [0.2, 0.25) is 20.1 Å². The molecule has 0 radical (unpaired) electrons. The molecule has 0 bridgehead atoms. The number of benzene rings is 4. The van der Waals surface area contributed by atoms with Crippen LogP contribution in [0.5, 0.6) is 11.5 Å². The standard InChI is InChI=1S/C26H14Cl4O4/c27-19-9-11-23(21(29)13-19)33-25(31)17-5-1-15(2-6-17)16-3-7-18(8-4-16)26(32)34-24-12-10-20(28)14-22(24)30/h1-14H. The quantitative estimate of drug-likeness (QED) is 0.191. The van der Waals surface area contributed by atoms with Crippen molar-refractivity contribution in [2.75, 3.05) is 0 Å². The lowest BCUT2D eigenvalue weighted by Crippen LogP contribution is -2.09. The van der Waals surface area contributed by atoms with Crippen LogP contribution in [0.1, 0.15) is 20.7 Å². The summed E-state index contributed by atoms with van der Waals surface area (Å²) in [5.74, 6) is -0.644. The van der Waals surface area contributed by atoms with E-state index in [0.717, 1.165) is 11.1 Å². The number of esters is 2. The Morgan fingerprint density at radius 3 is 1.18 bits per heavy atom. The Labute approximate surface area is 215 Å². The van der Waals surface area contributed by atoms with Gasteiger partial charge in [0.05, 0.1) is 21.2 Å². The Morgan fingerprint density at radius 1 is 0.500 bits per heavy atom. The van der Waals surface area contributed by atoms with Crippen molar-refractivity contribution in [3.63, 3.8) is 0 Å². The van der Waals surface area contributed by atoms with Gasteiger partial charge in [-0.15, -0.1) is 0 Å². The maximum Gasteiger partial charge on any atom is 0.343 e. The third-order valence-corrected chi connectivity index (χ3v) is 5.83. The molecular formula is C26H14Cl4O4. The van der Waals surface area contributed by atoms with Crippen molar-refractivity contribution < 1.29 is 19.1 Å². The van der Waals surface area contributed by atoms with Gasteiger partial charge in [0.1, 0.15) is 11.5 Å². The van der Waals surface area contributed by atoms with E-state index in [-0.39, 0.29) is 21.5 Å². The Morgan fingerprint density at radius 2 is 0.853 bits per heavy atom. The van der Waals surface area contributed by atoms with Gasteiger partial charge in [-0.3, -0.25) is 0 Å². The summed E-state index contributed by atoms with van der Waals surface area (Å²) in [7, 11) is 0. The predicted octanol–water partition coefficient (Wildman–Crippen LogP) is 8.41. The SMILES string of the molecule is O=C(Oc1ccc(Cl)cc1Cl)c1ccc(-c2ccc(C(=O)Oc3ccc(Cl)cc3Cl)cc2)cc1. The number of carbonyl (C=O) groups excluding carboxylic acids is 2. The van der Waals surface area contributed by atoms with Gasteiger partial charge in [-0.2, -0.15) is 0 Å². The molecule has 0 N–H and O–H groups in total. The van der Waals surface area contributed by atoms with Crippen molar-refractivity contribution in [2.24, 2.45) is 0 Å². The van der Waals surface area contributed by atoms with Gasteiger partial charge in [0.15, 0.2) is 0 Å². The highest BCUT2D eigenvalue weighted by Gasteiger charge is 2.14. The summed E-state index contributed by atoms with van der Waals surface area (Å²) in [5, 5.41) is 1.38. The van der Waals surface area contributed by atoms with Crippen molar-refractivity contribution in [2.45, 2.75) is 0 Å².